The molecular formula is C5H12O2. The Morgan fingerprint density at radius 3 is 1.71 bits per heavy atom. The number of aliphatic hydroxyl groups excluding tert-OH is 1. The van der Waals surface area contributed by atoms with E-state index in [0.29, 0.717) is 0 Å². The SMILES string of the molecule is CC(C)OC(C)O. The molecule has 0 aliphatic carbocycles. The van der Waals surface area contributed by atoms with Crippen LogP contribution in [0.1, 0.15) is 20.8 Å². The molecule has 0 saturated carbocycles. The molecule has 0 aliphatic rings. The number of rotatable bonds is 2. The summed E-state index contributed by atoms with van der Waals surface area (Å²) in [5.41, 5.74) is 0. The maximum Gasteiger partial charge on any atom is 0.152 e. The lowest BCUT2D eigenvalue weighted by Crippen LogP contribution is -2.12. The van der Waals surface area contributed by atoms with Gasteiger partial charge in [-0.2, -0.15) is 0 Å². The molecule has 0 fully saturated rings. The van der Waals surface area contributed by atoms with E-state index in [1.807, 2.05) is 13.8 Å². The lowest BCUT2D eigenvalue weighted by Gasteiger charge is -2.08. The first-order valence-electron chi connectivity index (χ1n) is 2.46. The van der Waals surface area contributed by atoms with Crippen molar-refractivity contribution in [3.8, 4) is 0 Å². The first-order chi connectivity index (χ1) is 3.13. The largest absolute Gasteiger partial charge is 0.368 e. The first kappa shape index (κ1) is 6.92. The van der Waals surface area contributed by atoms with Gasteiger partial charge in [0.15, 0.2) is 6.29 Å². The van der Waals surface area contributed by atoms with Gasteiger partial charge in [-0.3, -0.25) is 0 Å². The molecule has 0 spiro atoms. The van der Waals surface area contributed by atoms with Crippen molar-refractivity contribution >= 4 is 0 Å². The van der Waals surface area contributed by atoms with Crippen molar-refractivity contribution in [2.75, 3.05) is 0 Å². The molecule has 1 N–H and O–H groups in total. The summed E-state index contributed by atoms with van der Waals surface area (Å²) in [6.07, 6.45) is -0.500. The van der Waals surface area contributed by atoms with Crippen LogP contribution in [-0.4, -0.2) is 17.5 Å². The average Bonchev–Trinajstić information content (AvgIpc) is 1.27. The highest BCUT2D eigenvalue weighted by atomic mass is 16.6. The maximum absolute atomic E-state index is 8.50. The predicted molar refractivity (Wildman–Crippen MR) is 27.9 cm³/mol. The first-order valence-corrected chi connectivity index (χ1v) is 2.46. The Morgan fingerprint density at radius 1 is 1.29 bits per heavy atom. The van der Waals surface area contributed by atoms with Gasteiger partial charge in [-0.1, -0.05) is 0 Å². The Labute approximate surface area is 44.1 Å². The van der Waals surface area contributed by atoms with Crippen LogP contribution in [-0.2, 0) is 4.74 Å². The van der Waals surface area contributed by atoms with Gasteiger partial charge in [0.05, 0.1) is 6.10 Å². The van der Waals surface area contributed by atoms with Crippen LogP contribution < -0.4 is 0 Å². The van der Waals surface area contributed by atoms with Gasteiger partial charge < -0.3 is 9.84 Å². The van der Waals surface area contributed by atoms with Gasteiger partial charge in [-0.05, 0) is 20.8 Å². The lowest BCUT2D eigenvalue weighted by molar-refractivity contribution is -0.112. The standard InChI is InChI=1S/C5H12O2/c1-4(2)7-5(3)6/h4-6H,1-3H3. The molecule has 44 valence electrons. The molecule has 0 rings (SSSR count). The molecule has 0 heterocycles. The topological polar surface area (TPSA) is 29.5 Å². The molecule has 0 aromatic carbocycles. The highest BCUT2D eigenvalue weighted by Gasteiger charge is 1.95. The summed E-state index contributed by atoms with van der Waals surface area (Å²) < 4.78 is 4.81. The van der Waals surface area contributed by atoms with Crippen molar-refractivity contribution < 1.29 is 9.84 Å². The number of hydrogen-bond donors (Lipinski definition) is 1. The molecule has 0 aromatic heterocycles. The molecule has 2 nitrogen and oxygen atoms in total. The van der Waals surface area contributed by atoms with Crippen LogP contribution in [0.4, 0.5) is 0 Å². The van der Waals surface area contributed by atoms with Crippen molar-refractivity contribution in [3.63, 3.8) is 0 Å². The van der Waals surface area contributed by atoms with Gasteiger partial charge in [-0.25, -0.2) is 0 Å². The molecular weight excluding hydrogens is 92.1 g/mol. The summed E-state index contributed by atoms with van der Waals surface area (Å²) in [6.45, 7) is 5.36. The molecule has 1 unspecified atom stereocenters. The van der Waals surface area contributed by atoms with Gasteiger partial charge in [0.2, 0.25) is 0 Å². The molecule has 0 saturated heterocycles. The van der Waals surface area contributed by atoms with Crippen LogP contribution in [0.25, 0.3) is 0 Å². The Kier molecular flexibility index (Phi) is 2.96. The third-order valence-electron chi connectivity index (χ3n) is 0.469. The fourth-order valence-corrected chi connectivity index (χ4v) is 0.394. The van der Waals surface area contributed by atoms with E-state index in [1.165, 1.54) is 0 Å². The van der Waals surface area contributed by atoms with E-state index in [4.69, 9.17) is 9.84 Å². The van der Waals surface area contributed by atoms with Gasteiger partial charge in [-0.15, -0.1) is 0 Å². The van der Waals surface area contributed by atoms with E-state index in [-0.39, 0.29) is 6.10 Å². The minimum absolute atomic E-state index is 0.125. The highest BCUT2D eigenvalue weighted by molar-refractivity contribution is 4.34. The Hall–Kier alpha value is -0.0800. The van der Waals surface area contributed by atoms with Crippen molar-refractivity contribution in [1.29, 1.82) is 0 Å². The van der Waals surface area contributed by atoms with Crippen LogP contribution in [0.5, 0.6) is 0 Å². The second kappa shape index (κ2) is 2.99. The van der Waals surface area contributed by atoms with Crippen LogP contribution >= 0.6 is 0 Å². The smallest absolute Gasteiger partial charge is 0.152 e. The van der Waals surface area contributed by atoms with Crippen LogP contribution in [0, 0.1) is 0 Å². The number of aliphatic hydroxyl groups is 1. The second-order valence-electron chi connectivity index (χ2n) is 1.78. The molecule has 2 heteroatoms. The predicted octanol–water partition coefficient (Wildman–Crippen LogP) is 0.750. The summed E-state index contributed by atoms with van der Waals surface area (Å²) in [6, 6.07) is 0. The zero-order valence-electron chi connectivity index (χ0n) is 5.01. The van der Waals surface area contributed by atoms with Crippen LogP contribution in [0.15, 0.2) is 0 Å². The maximum atomic E-state index is 8.50. The fraction of sp³-hybridized carbons (Fsp3) is 1.00. The summed E-state index contributed by atoms with van der Waals surface area (Å²) in [5.74, 6) is 0. The molecule has 7 heavy (non-hydrogen) atoms. The Morgan fingerprint density at radius 2 is 1.71 bits per heavy atom. The number of hydrogen-bond acceptors (Lipinski definition) is 2. The van der Waals surface area contributed by atoms with Gasteiger partial charge in [0, 0.05) is 0 Å². The van der Waals surface area contributed by atoms with Crippen LogP contribution in [0.3, 0.4) is 0 Å². The third-order valence-corrected chi connectivity index (χ3v) is 0.469. The van der Waals surface area contributed by atoms with Gasteiger partial charge in [0.25, 0.3) is 0 Å². The van der Waals surface area contributed by atoms with Gasteiger partial charge >= 0.3 is 0 Å². The zero-order chi connectivity index (χ0) is 5.86. The lowest BCUT2D eigenvalue weighted by atomic mass is 10.5. The molecule has 0 radical (unpaired) electrons. The second-order valence-corrected chi connectivity index (χ2v) is 1.78. The van der Waals surface area contributed by atoms with E-state index in [1.54, 1.807) is 6.92 Å². The van der Waals surface area contributed by atoms with E-state index in [9.17, 15) is 0 Å². The Bertz CT molecular complexity index is 35.3. The fourth-order valence-electron chi connectivity index (χ4n) is 0.394. The van der Waals surface area contributed by atoms with E-state index in [0.717, 1.165) is 0 Å². The molecule has 0 amide bonds. The minimum Gasteiger partial charge on any atom is -0.368 e. The molecule has 0 bridgehead atoms. The summed E-state index contributed by atoms with van der Waals surface area (Å²) in [5, 5.41) is 8.50. The summed E-state index contributed by atoms with van der Waals surface area (Å²) >= 11 is 0. The normalized spacial score (nSPS) is 15.0. The summed E-state index contributed by atoms with van der Waals surface area (Å²) in [7, 11) is 0. The Balaban J connectivity index is 2.95. The van der Waals surface area contributed by atoms with E-state index in [2.05, 4.69) is 0 Å². The van der Waals surface area contributed by atoms with Gasteiger partial charge in [0.1, 0.15) is 0 Å². The third kappa shape index (κ3) is 5.92. The molecule has 1 atom stereocenters. The van der Waals surface area contributed by atoms with Crippen molar-refractivity contribution in [1.82, 2.24) is 0 Å². The van der Waals surface area contributed by atoms with E-state index < -0.39 is 6.29 Å². The van der Waals surface area contributed by atoms with E-state index >= 15 is 0 Å². The highest BCUT2D eigenvalue weighted by Crippen LogP contribution is 1.90. The minimum atomic E-state index is -0.625. The van der Waals surface area contributed by atoms with Crippen molar-refractivity contribution in [2.24, 2.45) is 0 Å². The number of ether oxygens (including phenoxy) is 1. The molecule has 0 aromatic rings. The zero-order valence-corrected chi connectivity index (χ0v) is 5.01. The van der Waals surface area contributed by atoms with Crippen molar-refractivity contribution in [2.45, 2.75) is 33.2 Å². The monoisotopic (exact) mass is 104 g/mol. The quantitative estimate of drug-likeness (QED) is 0.524. The summed E-state index contributed by atoms with van der Waals surface area (Å²) in [4.78, 5) is 0. The van der Waals surface area contributed by atoms with Crippen molar-refractivity contribution in [3.05, 3.63) is 0 Å². The van der Waals surface area contributed by atoms with Crippen LogP contribution in [0.2, 0.25) is 0 Å². The average molecular weight is 104 g/mol. The molecule has 0 aliphatic heterocycles.